The molecule has 0 spiro atoms. The predicted molar refractivity (Wildman–Crippen MR) is 75.9 cm³/mol. The molecular formula is C14H29N3O. The second-order valence-electron chi connectivity index (χ2n) is 6.51. The minimum absolute atomic E-state index is 0.231. The third kappa shape index (κ3) is 4.16. The number of rotatable bonds is 5. The van der Waals surface area contributed by atoms with E-state index < -0.39 is 0 Å². The number of hydrogen-bond acceptors (Lipinski definition) is 3. The van der Waals surface area contributed by atoms with Gasteiger partial charge >= 0.3 is 0 Å². The van der Waals surface area contributed by atoms with Crippen LogP contribution in [0.25, 0.3) is 0 Å². The predicted octanol–water partition coefficient (Wildman–Crippen LogP) is 2.66. The molecule has 4 nitrogen and oxygen atoms in total. The van der Waals surface area contributed by atoms with Gasteiger partial charge in [0.2, 0.25) is 0 Å². The fourth-order valence-electron chi connectivity index (χ4n) is 2.59. The van der Waals surface area contributed by atoms with Crippen LogP contribution < -0.4 is 5.73 Å². The molecule has 0 radical (unpaired) electrons. The topological polar surface area (TPSA) is 61.8 Å². The number of oxime groups is 1. The van der Waals surface area contributed by atoms with E-state index in [2.05, 4.69) is 24.0 Å². The second kappa shape index (κ2) is 6.41. The molecule has 4 heteroatoms. The van der Waals surface area contributed by atoms with E-state index in [0.29, 0.717) is 11.9 Å². The van der Waals surface area contributed by atoms with Crippen LogP contribution in [0.2, 0.25) is 0 Å². The number of nitrogens with zero attached hydrogens (tertiary/aromatic N) is 2. The molecule has 0 aromatic rings. The molecule has 106 valence electrons. The van der Waals surface area contributed by atoms with E-state index in [1.807, 2.05) is 13.8 Å². The van der Waals surface area contributed by atoms with E-state index in [0.717, 1.165) is 18.9 Å². The summed E-state index contributed by atoms with van der Waals surface area (Å²) in [6, 6.07) is 0.712. The normalized spacial score (nSPS) is 26.6. The van der Waals surface area contributed by atoms with Crippen molar-refractivity contribution in [3.63, 3.8) is 0 Å². The first-order valence-corrected chi connectivity index (χ1v) is 7.05. The van der Waals surface area contributed by atoms with Crippen molar-refractivity contribution in [2.24, 2.45) is 22.2 Å². The van der Waals surface area contributed by atoms with Crippen LogP contribution in [-0.4, -0.2) is 35.6 Å². The summed E-state index contributed by atoms with van der Waals surface area (Å²) in [5.41, 5.74) is 5.48. The Kier molecular flexibility index (Phi) is 5.45. The van der Waals surface area contributed by atoms with Crippen molar-refractivity contribution in [3.05, 3.63) is 0 Å². The Labute approximate surface area is 111 Å². The molecule has 0 amide bonds. The number of nitrogens with two attached hydrogens (primary N) is 1. The van der Waals surface area contributed by atoms with Gasteiger partial charge in [0, 0.05) is 11.5 Å². The van der Waals surface area contributed by atoms with E-state index in [1.165, 1.54) is 25.7 Å². The number of amidine groups is 1. The molecule has 0 aliphatic heterocycles. The third-order valence-electron chi connectivity index (χ3n) is 4.50. The third-order valence-corrected chi connectivity index (χ3v) is 4.50. The Morgan fingerprint density at radius 3 is 2.39 bits per heavy atom. The molecule has 1 aliphatic carbocycles. The second-order valence-corrected chi connectivity index (χ2v) is 6.51. The van der Waals surface area contributed by atoms with Gasteiger partial charge in [0.1, 0.15) is 5.84 Å². The van der Waals surface area contributed by atoms with Crippen molar-refractivity contribution < 1.29 is 5.21 Å². The molecule has 0 unspecified atom stereocenters. The summed E-state index contributed by atoms with van der Waals surface area (Å²) in [5, 5.41) is 11.9. The maximum Gasteiger partial charge on any atom is 0.144 e. The van der Waals surface area contributed by atoms with Gasteiger partial charge in [-0.3, -0.25) is 0 Å². The van der Waals surface area contributed by atoms with E-state index in [1.54, 1.807) is 0 Å². The lowest BCUT2D eigenvalue weighted by molar-refractivity contribution is 0.158. The van der Waals surface area contributed by atoms with Crippen LogP contribution in [0.1, 0.15) is 52.9 Å². The van der Waals surface area contributed by atoms with Crippen molar-refractivity contribution in [1.29, 1.82) is 0 Å². The van der Waals surface area contributed by atoms with Gasteiger partial charge in [0.25, 0.3) is 0 Å². The smallest absolute Gasteiger partial charge is 0.144 e. The highest BCUT2D eigenvalue weighted by molar-refractivity contribution is 5.85. The van der Waals surface area contributed by atoms with E-state index in [4.69, 9.17) is 10.9 Å². The Balaban J connectivity index is 2.39. The van der Waals surface area contributed by atoms with Gasteiger partial charge in [-0.15, -0.1) is 0 Å². The van der Waals surface area contributed by atoms with Gasteiger partial charge in [-0.05, 0) is 51.6 Å². The van der Waals surface area contributed by atoms with Crippen molar-refractivity contribution in [2.75, 3.05) is 13.6 Å². The van der Waals surface area contributed by atoms with Crippen LogP contribution in [0.3, 0.4) is 0 Å². The van der Waals surface area contributed by atoms with Crippen LogP contribution in [0.15, 0.2) is 5.16 Å². The SMILES string of the molecule is CC1CCC(N(C)CCC(C)(C)C(N)=NO)CC1. The molecular weight excluding hydrogens is 226 g/mol. The summed E-state index contributed by atoms with van der Waals surface area (Å²) in [4.78, 5) is 2.44. The summed E-state index contributed by atoms with van der Waals surface area (Å²) >= 11 is 0. The standard InChI is InChI=1S/C14H29N3O/c1-11-5-7-12(8-6-11)17(4)10-9-14(2,3)13(15)16-18/h11-12,18H,5-10H2,1-4H3,(H2,15,16). The summed E-state index contributed by atoms with van der Waals surface area (Å²) in [6.45, 7) is 7.40. The van der Waals surface area contributed by atoms with Crippen LogP contribution >= 0.6 is 0 Å². The summed E-state index contributed by atoms with van der Waals surface area (Å²) in [5.74, 6) is 1.22. The molecule has 0 heterocycles. The van der Waals surface area contributed by atoms with Gasteiger partial charge in [-0.25, -0.2) is 0 Å². The Bertz CT molecular complexity index is 281. The lowest BCUT2D eigenvalue weighted by Crippen LogP contribution is -2.39. The molecule has 0 aromatic heterocycles. The summed E-state index contributed by atoms with van der Waals surface area (Å²) in [7, 11) is 2.20. The van der Waals surface area contributed by atoms with E-state index in [9.17, 15) is 0 Å². The fraction of sp³-hybridized carbons (Fsp3) is 0.929. The summed E-state index contributed by atoms with van der Waals surface area (Å²) < 4.78 is 0. The average Bonchev–Trinajstić information content (AvgIpc) is 2.35. The zero-order valence-electron chi connectivity index (χ0n) is 12.3. The van der Waals surface area contributed by atoms with Gasteiger partial charge in [-0.1, -0.05) is 25.9 Å². The molecule has 0 saturated heterocycles. The Hall–Kier alpha value is -0.770. The highest BCUT2D eigenvalue weighted by Crippen LogP contribution is 2.28. The van der Waals surface area contributed by atoms with Crippen molar-refractivity contribution in [3.8, 4) is 0 Å². The quantitative estimate of drug-likeness (QED) is 0.343. The zero-order valence-corrected chi connectivity index (χ0v) is 12.3. The average molecular weight is 255 g/mol. The maximum atomic E-state index is 8.76. The van der Waals surface area contributed by atoms with Crippen LogP contribution in [0, 0.1) is 11.3 Å². The number of hydrogen-bond donors (Lipinski definition) is 2. The lowest BCUT2D eigenvalue weighted by atomic mass is 9.85. The lowest BCUT2D eigenvalue weighted by Gasteiger charge is -2.35. The van der Waals surface area contributed by atoms with Gasteiger partial charge < -0.3 is 15.8 Å². The van der Waals surface area contributed by atoms with Crippen LogP contribution in [0.4, 0.5) is 0 Å². The minimum atomic E-state index is -0.231. The van der Waals surface area contributed by atoms with Crippen LogP contribution in [0.5, 0.6) is 0 Å². The molecule has 0 aromatic carbocycles. The first-order valence-electron chi connectivity index (χ1n) is 7.05. The van der Waals surface area contributed by atoms with E-state index in [-0.39, 0.29) is 5.41 Å². The molecule has 18 heavy (non-hydrogen) atoms. The van der Waals surface area contributed by atoms with Crippen molar-refractivity contribution in [1.82, 2.24) is 4.90 Å². The molecule has 0 bridgehead atoms. The molecule has 1 saturated carbocycles. The van der Waals surface area contributed by atoms with Gasteiger partial charge in [0.15, 0.2) is 0 Å². The maximum absolute atomic E-state index is 8.76. The minimum Gasteiger partial charge on any atom is -0.409 e. The highest BCUT2D eigenvalue weighted by atomic mass is 16.4. The largest absolute Gasteiger partial charge is 0.409 e. The van der Waals surface area contributed by atoms with Crippen molar-refractivity contribution >= 4 is 5.84 Å². The molecule has 1 aliphatic rings. The van der Waals surface area contributed by atoms with Gasteiger partial charge in [-0.2, -0.15) is 0 Å². The van der Waals surface area contributed by atoms with Crippen LogP contribution in [-0.2, 0) is 0 Å². The summed E-state index contributed by atoms with van der Waals surface area (Å²) in [6.07, 6.45) is 6.23. The molecule has 1 fully saturated rings. The monoisotopic (exact) mass is 255 g/mol. The zero-order chi connectivity index (χ0) is 13.8. The van der Waals surface area contributed by atoms with Crippen molar-refractivity contribution in [2.45, 2.75) is 58.9 Å². The molecule has 0 atom stereocenters. The fourth-order valence-corrected chi connectivity index (χ4v) is 2.59. The van der Waals surface area contributed by atoms with Gasteiger partial charge in [0.05, 0.1) is 0 Å². The first-order chi connectivity index (χ1) is 8.36. The molecule has 3 N–H and O–H groups in total. The first kappa shape index (κ1) is 15.3. The molecule has 1 rings (SSSR count). The van der Waals surface area contributed by atoms with E-state index >= 15 is 0 Å². The Morgan fingerprint density at radius 1 is 1.33 bits per heavy atom. The Morgan fingerprint density at radius 2 is 1.89 bits per heavy atom. The highest BCUT2D eigenvalue weighted by Gasteiger charge is 2.26.